The number of carboxylic acids is 1. The number of carbonyl (C=O) groups excluding carboxylic acids is 1. The fraction of sp³-hybridized carbons (Fsp3) is 0.250. The van der Waals surface area contributed by atoms with E-state index in [1.54, 1.807) is 0 Å². The highest BCUT2D eigenvalue weighted by Gasteiger charge is 2.05. The van der Waals surface area contributed by atoms with Crippen molar-refractivity contribution in [2.24, 2.45) is 0 Å². The fourth-order valence-electron chi connectivity index (χ4n) is 0.789. The Morgan fingerprint density at radius 1 is 1.40 bits per heavy atom. The van der Waals surface area contributed by atoms with Gasteiger partial charge in [-0.3, -0.25) is 4.79 Å². The van der Waals surface area contributed by atoms with Gasteiger partial charge in [-0.1, -0.05) is 0 Å². The molecule has 0 aliphatic carbocycles. The molecule has 3 N–H and O–H groups in total. The molecule has 0 radical (unpaired) electrons. The van der Waals surface area contributed by atoms with Crippen molar-refractivity contribution in [1.29, 1.82) is 0 Å². The van der Waals surface area contributed by atoms with E-state index >= 15 is 0 Å². The van der Waals surface area contributed by atoms with Crippen LogP contribution in [-0.4, -0.2) is 40.5 Å². The van der Waals surface area contributed by atoms with E-state index in [2.05, 4.69) is 20.6 Å². The molecule has 0 saturated heterocycles. The van der Waals surface area contributed by atoms with Gasteiger partial charge in [-0.25, -0.2) is 14.8 Å². The standard InChI is InChI=1S/C8H10N4O3/c1-9-7(13)4-12-6-3-10-5(2-11-6)8(14)15/h2-3H,4H2,1H3,(H,9,13)(H,11,12)(H,14,15). The van der Waals surface area contributed by atoms with Gasteiger partial charge in [0.15, 0.2) is 5.69 Å². The predicted octanol–water partition coefficient (Wildman–Crippen LogP) is -0.667. The second kappa shape index (κ2) is 4.89. The fourth-order valence-corrected chi connectivity index (χ4v) is 0.789. The van der Waals surface area contributed by atoms with Crippen LogP contribution in [0.15, 0.2) is 12.4 Å². The molecule has 1 amide bonds. The van der Waals surface area contributed by atoms with Crippen LogP contribution >= 0.6 is 0 Å². The number of carbonyl (C=O) groups is 2. The average molecular weight is 210 g/mol. The molecule has 1 aromatic rings. The van der Waals surface area contributed by atoms with Crippen molar-refractivity contribution in [1.82, 2.24) is 15.3 Å². The quantitative estimate of drug-likeness (QED) is 0.609. The van der Waals surface area contributed by atoms with Crippen LogP contribution < -0.4 is 10.6 Å². The number of aromatic carboxylic acids is 1. The number of anilines is 1. The van der Waals surface area contributed by atoms with Crippen LogP contribution in [0.1, 0.15) is 10.5 Å². The predicted molar refractivity (Wildman–Crippen MR) is 51.5 cm³/mol. The van der Waals surface area contributed by atoms with E-state index in [9.17, 15) is 9.59 Å². The van der Waals surface area contributed by atoms with Crippen LogP contribution in [0.5, 0.6) is 0 Å². The van der Waals surface area contributed by atoms with Crippen molar-refractivity contribution >= 4 is 17.7 Å². The van der Waals surface area contributed by atoms with Gasteiger partial charge in [0.25, 0.3) is 0 Å². The average Bonchev–Trinajstić information content (AvgIpc) is 2.26. The smallest absolute Gasteiger partial charge is 0.356 e. The first-order valence-electron chi connectivity index (χ1n) is 4.13. The summed E-state index contributed by atoms with van der Waals surface area (Å²) in [7, 11) is 1.52. The van der Waals surface area contributed by atoms with Crippen molar-refractivity contribution in [3.05, 3.63) is 18.1 Å². The second-order valence-corrected chi connectivity index (χ2v) is 2.62. The number of nitrogens with zero attached hydrogens (tertiary/aromatic N) is 2. The summed E-state index contributed by atoms with van der Waals surface area (Å²) in [6.45, 7) is 0.0671. The molecule has 7 nitrogen and oxygen atoms in total. The summed E-state index contributed by atoms with van der Waals surface area (Å²) in [5, 5.41) is 13.6. The monoisotopic (exact) mass is 210 g/mol. The zero-order valence-electron chi connectivity index (χ0n) is 8.02. The Kier molecular flexibility index (Phi) is 3.55. The van der Waals surface area contributed by atoms with Gasteiger partial charge >= 0.3 is 5.97 Å². The lowest BCUT2D eigenvalue weighted by Crippen LogP contribution is -2.26. The molecule has 1 aromatic heterocycles. The Hall–Kier alpha value is -2.18. The number of carboxylic acid groups (broad SMARTS) is 1. The minimum Gasteiger partial charge on any atom is -0.476 e. The van der Waals surface area contributed by atoms with Crippen molar-refractivity contribution in [3.8, 4) is 0 Å². The molecule has 15 heavy (non-hydrogen) atoms. The summed E-state index contributed by atoms with van der Waals surface area (Å²) in [4.78, 5) is 28.7. The van der Waals surface area contributed by atoms with Crippen molar-refractivity contribution in [2.45, 2.75) is 0 Å². The molecule has 0 aliphatic heterocycles. The largest absolute Gasteiger partial charge is 0.476 e. The van der Waals surface area contributed by atoms with Crippen LogP contribution in [0.4, 0.5) is 5.82 Å². The maximum atomic E-state index is 10.8. The Morgan fingerprint density at radius 3 is 2.60 bits per heavy atom. The van der Waals surface area contributed by atoms with E-state index in [0.717, 1.165) is 6.20 Å². The van der Waals surface area contributed by atoms with E-state index in [1.807, 2.05) is 0 Å². The number of rotatable bonds is 4. The molecule has 0 aliphatic rings. The number of nitrogens with one attached hydrogen (secondary N) is 2. The van der Waals surface area contributed by atoms with Crippen LogP contribution in [-0.2, 0) is 4.79 Å². The molecule has 0 aromatic carbocycles. The molecule has 0 atom stereocenters. The maximum absolute atomic E-state index is 10.8. The summed E-state index contributed by atoms with van der Waals surface area (Å²) >= 11 is 0. The highest BCUT2D eigenvalue weighted by molar-refractivity contribution is 5.85. The van der Waals surface area contributed by atoms with Gasteiger partial charge in [-0.15, -0.1) is 0 Å². The maximum Gasteiger partial charge on any atom is 0.356 e. The number of amides is 1. The Morgan fingerprint density at radius 2 is 2.13 bits per heavy atom. The number of hydrogen-bond acceptors (Lipinski definition) is 5. The van der Waals surface area contributed by atoms with Gasteiger partial charge in [0, 0.05) is 7.05 Å². The summed E-state index contributed by atoms with van der Waals surface area (Å²) in [5.74, 6) is -0.983. The van der Waals surface area contributed by atoms with Gasteiger partial charge in [-0.05, 0) is 0 Å². The normalized spacial score (nSPS) is 9.40. The zero-order valence-corrected chi connectivity index (χ0v) is 8.02. The molecule has 0 bridgehead atoms. The van der Waals surface area contributed by atoms with E-state index in [-0.39, 0.29) is 18.1 Å². The molecule has 0 fully saturated rings. The topological polar surface area (TPSA) is 104 Å². The van der Waals surface area contributed by atoms with Gasteiger partial charge in [0.05, 0.1) is 18.9 Å². The second-order valence-electron chi connectivity index (χ2n) is 2.62. The first-order valence-corrected chi connectivity index (χ1v) is 4.13. The van der Waals surface area contributed by atoms with E-state index in [0.29, 0.717) is 5.82 Å². The Balaban J connectivity index is 2.57. The summed E-state index contributed by atoms with van der Waals surface area (Å²) in [6, 6.07) is 0. The Labute approximate surface area is 85.5 Å². The van der Waals surface area contributed by atoms with Crippen molar-refractivity contribution in [3.63, 3.8) is 0 Å². The minimum absolute atomic E-state index is 0.0671. The van der Waals surface area contributed by atoms with Gasteiger partial charge < -0.3 is 15.7 Å². The first kappa shape index (κ1) is 10.9. The summed E-state index contributed by atoms with van der Waals surface area (Å²) in [5.41, 5.74) is -0.138. The summed E-state index contributed by atoms with van der Waals surface area (Å²) < 4.78 is 0. The number of likely N-dealkylation sites (N-methyl/N-ethyl adjacent to an activating group) is 1. The lowest BCUT2D eigenvalue weighted by atomic mass is 10.4. The molecule has 80 valence electrons. The molecule has 7 heteroatoms. The third-order valence-electron chi connectivity index (χ3n) is 1.58. The molecule has 1 heterocycles. The van der Waals surface area contributed by atoms with Crippen molar-refractivity contribution < 1.29 is 14.7 Å². The molecule has 0 spiro atoms. The minimum atomic E-state index is -1.14. The summed E-state index contributed by atoms with van der Waals surface area (Å²) in [6.07, 6.45) is 2.38. The number of aromatic nitrogens is 2. The van der Waals surface area contributed by atoms with Gasteiger partial charge in [-0.2, -0.15) is 0 Å². The highest BCUT2D eigenvalue weighted by atomic mass is 16.4. The van der Waals surface area contributed by atoms with Crippen LogP contribution in [0.3, 0.4) is 0 Å². The van der Waals surface area contributed by atoms with Gasteiger partial charge in [0.2, 0.25) is 5.91 Å². The van der Waals surface area contributed by atoms with Crippen LogP contribution in [0, 0.1) is 0 Å². The van der Waals surface area contributed by atoms with Gasteiger partial charge in [0.1, 0.15) is 5.82 Å². The Bertz CT molecular complexity index is 363. The molecule has 0 unspecified atom stereocenters. The zero-order chi connectivity index (χ0) is 11.3. The van der Waals surface area contributed by atoms with Crippen molar-refractivity contribution in [2.75, 3.05) is 18.9 Å². The molecule has 0 saturated carbocycles. The lowest BCUT2D eigenvalue weighted by Gasteiger charge is -2.03. The van der Waals surface area contributed by atoms with Crippen LogP contribution in [0.2, 0.25) is 0 Å². The van der Waals surface area contributed by atoms with E-state index < -0.39 is 5.97 Å². The highest BCUT2D eigenvalue weighted by Crippen LogP contribution is 1.99. The SMILES string of the molecule is CNC(=O)CNc1cnc(C(=O)O)cn1. The third-order valence-corrected chi connectivity index (χ3v) is 1.58. The van der Waals surface area contributed by atoms with E-state index in [4.69, 9.17) is 5.11 Å². The third kappa shape index (κ3) is 3.22. The van der Waals surface area contributed by atoms with E-state index in [1.165, 1.54) is 13.2 Å². The lowest BCUT2D eigenvalue weighted by molar-refractivity contribution is -0.118. The molecule has 1 rings (SSSR count). The first-order chi connectivity index (χ1) is 7.13. The van der Waals surface area contributed by atoms with Crippen LogP contribution in [0.25, 0.3) is 0 Å². The molecular formula is C8H10N4O3. The molecular weight excluding hydrogens is 200 g/mol. The number of hydrogen-bond donors (Lipinski definition) is 3.